The van der Waals surface area contributed by atoms with Crippen LogP contribution in [0.5, 0.6) is 0 Å². The van der Waals surface area contributed by atoms with Crippen molar-refractivity contribution in [1.82, 2.24) is 25.5 Å². The molecular weight excluding hydrogens is 508 g/mol. The summed E-state index contributed by atoms with van der Waals surface area (Å²) in [7, 11) is -3.91. The lowest BCUT2D eigenvalue weighted by Gasteiger charge is -2.15. The zero-order chi connectivity index (χ0) is 22.3. The largest absolute Gasteiger partial charge is 0.317 e. The molecule has 9 nitrogen and oxygen atoms in total. The van der Waals surface area contributed by atoms with Crippen molar-refractivity contribution in [1.29, 1.82) is 0 Å². The summed E-state index contributed by atoms with van der Waals surface area (Å²) in [6, 6.07) is 2.58. The van der Waals surface area contributed by atoms with Crippen molar-refractivity contribution in [2.24, 2.45) is 0 Å². The number of thioether (sulfide) groups is 1. The third-order valence-electron chi connectivity index (χ3n) is 4.29. The second-order valence-electron chi connectivity index (χ2n) is 6.77. The third-order valence-corrected chi connectivity index (χ3v) is 7.06. The van der Waals surface area contributed by atoms with Crippen molar-refractivity contribution in [2.45, 2.75) is 41.8 Å². The molecule has 0 spiro atoms. The van der Waals surface area contributed by atoms with Gasteiger partial charge in [-0.3, -0.25) is 20.4 Å². The van der Waals surface area contributed by atoms with Crippen LogP contribution in [0.25, 0.3) is 10.9 Å². The first-order chi connectivity index (χ1) is 14.0. The number of rotatable bonds is 6. The molecular formula is C16H16BrF2N5O4S2. The van der Waals surface area contributed by atoms with E-state index in [1.54, 1.807) is 18.6 Å². The number of nitrogens with one attached hydrogen (secondary N) is 3. The first-order valence-electron chi connectivity index (χ1n) is 8.43. The smallest absolute Gasteiger partial charge is 0.267 e. The number of carbonyl (C=O) groups is 2. The Kier molecular flexibility index (Phi) is 6.32. The Bertz CT molecular complexity index is 1140. The van der Waals surface area contributed by atoms with Gasteiger partial charge in [0.1, 0.15) is 5.69 Å². The Morgan fingerprint density at radius 1 is 1.23 bits per heavy atom. The molecule has 2 amide bonds. The predicted octanol–water partition coefficient (Wildman–Crippen LogP) is 1.97. The molecule has 14 heteroatoms. The van der Waals surface area contributed by atoms with Crippen LogP contribution in [0.3, 0.4) is 0 Å². The number of benzene rings is 1. The second kappa shape index (κ2) is 8.32. The van der Waals surface area contributed by atoms with Gasteiger partial charge >= 0.3 is 12.3 Å². The molecule has 2 aromatic rings. The Hall–Kier alpha value is -1.90. The number of nitrogens with zero attached hydrogens (tertiary/aromatic N) is 2. The van der Waals surface area contributed by atoms with E-state index in [9.17, 15) is 26.8 Å². The lowest BCUT2D eigenvalue weighted by atomic mass is 10.2. The van der Waals surface area contributed by atoms with E-state index in [1.165, 1.54) is 12.1 Å². The van der Waals surface area contributed by atoms with Crippen molar-refractivity contribution < 1.29 is 26.8 Å². The first kappa shape index (κ1) is 22.8. The highest BCUT2D eigenvalue weighted by atomic mass is 79.9. The molecule has 1 heterocycles. The van der Waals surface area contributed by atoms with Gasteiger partial charge in [-0.2, -0.15) is 8.78 Å². The summed E-state index contributed by atoms with van der Waals surface area (Å²) >= 11 is 4.39. The molecule has 3 N–H and O–H groups in total. The molecule has 30 heavy (non-hydrogen) atoms. The summed E-state index contributed by atoms with van der Waals surface area (Å²) in [4.78, 5) is 31.8. The van der Waals surface area contributed by atoms with E-state index in [-0.39, 0.29) is 26.6 Å². The predicted molar refractivity (Wildman–Crippen MR) is 109 cm³/mol. The minimum absolute atomic E-state index is 0.0623. The minimum atomic E-state index is -3.91. The highest BCUT2D eigenvalue weighted by Gasteiger charge is 2.41. The van der Waals surface area contributed by atoms with Gasteiger partial charge in [0.15, 0.2) is 5.16 Å². The molecule has 1 aromatic heterocycles. The third kappa shape index (κ3) is 4.87. The van der Waals surface area contributed by atoms with Gasteiger partial charge in [0.05, 0.1) is 10.4 Å². The number of amides is 2. The van der Waals surface area contributed by atoms with Crippen LogP contribution >= 0.6 is 27.7 Å². The van der Waals surface area contributed by atoms with Gasteiger partial charge in [0.2, 0.25) is 10.0 Å². The lowest BCUT2D eigenvalue weighted by Crippen LogP contribution is -2.44. The molecule has 0 bridgehead atoms. The molecule has 3 rings (SSSR count). The Morgan fingerprint density at radius 2 is 1.90 bits per heavy atom. The van der Waals surface area contributed by atoms with E-state index in [1.807, 2.05) is 5.43 Å². The van der Waals surface area contributed by atoms with Crippen LogP contribution in [0.2, 0.25) is 0 Å². The number of alkyl halides is 2. The molecule has 1 fully saturated rings. The fourth-order valence-corrected chi connectivity index (χ4v) is 5.05. The van der Waals surface area contributed by atoms with E-state index in [2.05, 4.69) is 30.6 Å². The lowest BCUT2D eigenvalue weighted by molar-refractivity contribution is -0.132. The van der Waals surface area contributed by atoms with Crippen molar-refractivity contribution in [2.75, 3.05) is 6.26 Å². The van der Waals surface area contributed by atoms with Crippen LogP contribution in [0.4, 0.5) is 8.78 Å². The fraction of sp³-hybridized carbons (Fsp3) is 0.375. The van der Waals surface area contributed by atoms with Crippen molar-refractivity contribution in [3.8, 4) is 0 Å². The van der Waals surface area contributed by atoms with Gasteiger partial charge in [-0.1, -0.05) is 11.8 Å². The molecule has 1 aliphatic carbocycles. The van der Waals surface area contributed by atoms with Crippen molar-refractivity contribution in [3.63, 3.8) is 0 Å². The Morgan fingerprint density at radius 3 is 2.47 bits per heavy atom. The van der Waals surface area contributed by atoms with Crippen LogP contribution in [-0.4, -0.2) is 48.4 Å². The average molecular weight is 524 g/mol. The van der Waals surface area contributed by atoms with Gasteiger partial charge in [-0.15, -0.1) is 0 Å². The topological polar surface area (TPSA) is 130 Å². The summed E-state index contributed by atoms with van der Waals surface area (Å²) in [5.74, 6) is -2.70. The fourth-order valence-electron chi connectivity index (χ4n) is 2.47. The van der Waals surface area contributed by atoms with Gasteiger partial charge in [0.25, 0.3) is 5.91 Å². The zero-order valence-corrected chi connectivity index (χ0v) is 18.8. The van der Waals surface area contributed by atoms with Crippen LogP contribution in [0.1, 0.15) is 30.3 Å². The van der Waals surface area contributed by atoms with E-state index in [0.717, 1.165) is 11.8 Å². The zero-order valence-electron chi connectivity index (χ0n) is 15.6. The van der Waals surface area contributed by atoms with E-state index >= 15 is 0 Å². The van der Waals surface area contributed by atoms with Crippen LogP contribution in [0.15, 0.2) is 26.7 Å². The monoisotopic (exact) mass is 523 g/mol. The molecule has 0 unspecified atom stereocenters. The van der Waals surface area contributed by atoms with Crippen molar-refractivity contribution >= 4 is 60.4 Å². The Labute approximate surface area is 182 Å². The summed E-state index contributed by atoms with van der Waals surface area (Å²) in [6.45, 7) is 1.78. The average Bonchev–Trinajstić information content (AvgIpc) is 3.40. The maximum absolute atomic E-state index is 12.8. The van der Waals surface area contributed by atoms with Gasteiger partial charge in [-0.25, -0.2) is 23.1 Å². The molecule has 0 saturated heterocycles. The number of hydrogen-bond acceptors (Lipinski definition) is 7. The van der Waals surface area contributed by atoms with Crippen LogP contribution < -0.4 is 15.6 Å². The highest BCUT2D eigenvalue weighted by Crippen LogP contribution is 2.37. The SMILES string of the molecule is CSc1nc(C(=O)NNC(=O)C(F)F)c2cc(S(=O)(=O)NC3(C)CC3)cc(Br)c2n1. The van der Waals surface area contributed by atoms with Crippen LogP contribution in [0, 0.1) is 0 Å². The van der Waals surface area contributed by atoms with E-state index < -0.39 is 33.8 Å². The number of halogens is 3. The summed E-state index contributed by atoms with van der Waals surface area (Å²) < 4.78 is 53.1. The number of carbonyl (C=O) groups excluding carboxylic acids is 2. The summed E-state index contributed by atoms with van der Waals surface area (Å²) in [5.41, 5.74) is 2.88. The number of hydrogen-bond donors (Lipinski definition) is 3. The number of sulfonamides is 1. The van der Waals surface area contributed by atoms with E-state index in [0.29, 0.717) is 17.3 Å². The molecule has 0 atom stereocenters. The molecule has 1 aliphatic rings. The van der Waals surface area contributed by atoms with Crippen LogP contribution in [-0.2, 0) is 14.8 Å². The van der Waals surface area contributed by atoms with E-state index in [4.69, 9.17) is 0 Å². The quantitative estimate of drug-likeness (QED) is 0.299. The number of aromatic nitrogens is 2. The van der Waals surface area contributed by atoms with Crippen molar-refractivity contribution in [3.05, 3.63) is 22.3 Å². The second-order valence-corrected chi connectivity index (χ2v) is 10.1. The summed E-state index contributed by atoms with van der Waals surface area (Å²) in [6.07, 6.45) is -0.249. The highest BCUT2D eigenvalue weighted by molar-refractivity contribution is 9.10. The van der Waals surface area contributed by atoms with Gasteiger partial charge in [0, 0.05) is 15.4 Å². The Balaban J connectivity index is 2.07. The minimum Gasteiger partial charge on any atom is -0.267 e. The maximum Gasteiger partial charge on any atom is 0.317 e. The van der Waals surface area contributed by atoms with Gasteiger partial charge in [-0.05, 0) is 54.1 Å². The molecule has 0 radical (unpaired) electrons. The molecule has 1 saturated carbocycles. The van der Waals surface area contributed by atoms with Gasteiger partial charge < -0.3 is 0 Å². The first-order valence-corrected chi connectivity index (χ1v) is 11.9. The maximum atomic E-state index is 12.8. The standard InChI is InChI=1S/C16H16BrF2N5O4S2/c1-16(3-4-16)24-30(27,28)7-5-8-10(9(17)6-7)20-15(29-2)21-11(8)13(25)22-23-14(26)12(18)19/h5-6,12,24H,3-4H2,1-2H3,(H,22,25)(H,23,26). The molecule has 162 valence electrons. The molecule has 1 aromatic carbocycles. The summed E-state index contributed by atoms with van der Waals surface area (Å²) in [5, 5.41) is 0.250. The number of hydrazine groups is 1. The normalized spacial score (nSPS) is 15.3. The molecule has 0 aliphatic heterocycles. The number of fused-ring (bicyclic) bond motifs is 1.